The first kappa shape index (κ1) is 19.9. The normalized spacial score (nSPS) is 12.8. The lowest BCUT2D eigenvalue weighted by molar-refractivity contribution is -0.128. The van der Waals surface area contributed by atoms with Gasteiger partial charge in [0.05, 0.1) is 13.2 Å². The lowest BCUT2D eigenvalue weighted by Gasteiger charge is -2.21. The second-order valence-corrected chi connectivity index (χ2v) is 6.30. The highest BCUT2D eigenvalue weighted by atomic mass is 35.5. The summed E-state index contributed by atoms with van der Waals surface area (Å²) >= 11 is 5.86. The molecular formula is C20H24ClNO4. The number of rotatable bonds is 9. The average molecular weight is 378 g/mol. The third-order valence-corrected chi connectivity index (χ3v) is 3.96. The molecule has 0 aliphatic carbocycles. The number of hydrogen-bond donors (Lipinski definition) is 1. The van der Waals surface area contributed by atoms with Gasteiger partial charge in [-0.3, -0.25) is 4.79 Å². The number of methoxy groups -OCH3 is 1. The van der Waals surface area contributed by atoms with Crippen LogP contribution in [-0.2, 0) is 4.79 Å². The van der Waals surface area contributed by atoms with E-state index in [9.17, 15) is 4.79 Å². The number of carbonyl (C=O) groups excluding carboxylic acids is 1. The van der Waals surface area contributed by atoms with Crippen LogP contribution in [-0.4, -0.2) is 31.8 Å². The molecular weight excluding hydrogens is 354 g/mol. The predicted molar refractivity (Wildman–Crippen MR) is 102 cm³/mol. The molecule has 26 heavy (non-hydrogen) atoms. The minimum absolute atomic E-state index is 0.160. The van der Waals surface area contributed by atoms with Crippen molar-refractivity contribution >= 4 is 17.5 Å². The maximum atomic E-state index is 12.4. The summed E-state index contributed by atoms with van der Waals surface area (Å²) in [6.45, 7) is 4.14. The molecule has 0 bridgehead atoms. The lowest BCUT2D eigenvalue weighted by Crippen LogP contribution is -2.44. The van der Waals surface area contributed by atoms with E-state index >= 15 is 0 Å². The fourth-order valence-corrected chi connectivity index (χ4v) is 2.40. The van der Waals surface area contributed by atoms with Gasteiger partial charge in [0, 0.05) is 5.02 Å². The van der Waals surface area contributed by atoms with Crippen LogP contribution in [0.25, 0.3) is 0 Å². The Morgan fingerprint density at radius 3 is 2.19 bits per heavy atom. The number of nitrogens with one attached hydrogen (secondary N) is 1. The minimum Gasteiger partial charge on any atom is -0.497 e. The van der Waals surface area contributed by atoms with Crippen molar-refractivity contribution in [3.8, 4) is 17.2 Å². The van der Waals surface area contributed by atoms with Crippen molar-refractivity contribution in [1.29, 1.82) is 0 Å². The maximum Gasteiger partial charge on any atom is 0.261 e. The third-order valence-electron chi connectivity index (χ3n) is 3.70. The van der Waals surface area contributed by atoms with E-state index in [2.05, 4.69) is 5.32 Å². The van der Waals surface area contributed by atoms with Crippen LogP contribution in [0.15, 0.2) is 48.5 Å². The predicted octanol–water partition coefficient (Wildman–Crippen LogP) is 4.09. The van der Waals surface area contributed by atoms with Crippen LogP contribution >= 0.6 is 11.6 Å². The van der Waals surface area contributed by atoms with Gasteiger partial charge in [-0.25, -0.2) is 0 Å². The quantitative estimate of drug-likeness (QED) is 0.715. The summed E-state index contributed by atoms with van der Waals surface area (Å²) in [5.74, 6) is 1.92. The molecule has 0 spiro atoms. The zero-order valence-corrected chi connectivity index (χ0v) is 16.0. The third kappa shape index (κ3) is 6.15. The van der Waals surface area contributed by atoms with Gasteiger partial charge in [-0.2, -0.15) is 0 Å². The van der Waals surface area contributed by atoms with E-state index in [0.29, 0.717) is 23.8 Å². The van der Waals surface area contributed by atoms with Gasteiger partial charge in [0.15, 0.2) is 6.10 Å². The molecule has 5 nitrogen and oxygen atoms in total. The number of halogens is 1. The van der Waals surface area contributed by atoms with Crippen molar-refractivity contribution in [3.63, 3.8) is 0 Å². The van der Waals surface area contributed by atoms with Gasteiger partial charge in [0.2, 0.25) is 0 Å². The molecule has 2 aromatic rings. The van der Waals surface area contributed by atoms with Crippen molar-refractivity contribution < 1.29 is 19.0 Å². The van der Waals surface area contributed by atoms with Crippen molar-refractivity contribution in [2.24, 2.45) is 0 Å². The van der Waals surface area contributed by atoms with E-state index < -0.39 is 6.10 Å². The molecule has 6 heteroatoms. The molecule has 0 aliphatic heterocycles. The topological polar surface area (TPSA) is 56.8 Å². The van der Waals surface area contributed by atoms with Crippen molar-refractivity contribution in [1.82, 2.24) is 5.32 Å². The Bertz CT molecular complexity index is 688. The highest BCUT2D eigenvalue weighted by molar-refractivity contribution is 6.30. The number of ether oxygens (including phenoxy) is 3. The number of amides is 1. The van der Waals surface area contributed by atoms with Gasteiger partial charge in [-0.15, -0.1) is 0 Å². The Labute approximate surface area is 159 Å². The SMILES string of the molecule is CCC(Oc1ccc(Cl)cc1)C(=O)NC(C)COc1ccc(OC)cc1. The fraction of sp³-hybridized carbons (Fsp3) is 0.350. The van der Waals surface area contributed by atoms with Crippen LogP contribution in [0, 0.1) is 0 Å². The Balaban J connectivity index is 1.82. The molecule has 1 N–H and O–H groups in total. The lowest BCUT2D eigenvalue weighted by atomic mass is 10.2. The van der Waals surface area contributed by atoms with E-state index in [1.54, 1.807) is 31.4 Å². The zero-order chi connectivity index (χ0) is 18.9. The summed E-state index contributed by atoms with van der Waals surface area (Å²) < 4.78 is 16.5. The minimum atomic E-state index is -0.570. The summed E-state index contributed by atoms with van der Waals surface area (Å²) in [4.78, 5) is 12.4. The highest BCUT2D eigenvalue weighted by Gasteiger charge is 2.20. The summed E-state index contributed by atoms with van der Waals surface area (Å²) in [6, 6.07) is 14.1. The van der Waals surface area contributed by atoms with Crippen molar-refractivity contribution in [2.75, 3.05) is 13.7 Å². The number of benzene rings is 2. The van der Waals surface area contributed by atoms with Crippen LogP contribution < -0.4 is 19.5 Å². The molecule has 140 valence electrons. The molecule has 1 amide bonds. The van der Waals surface area contributed by atoms with Gasteiger partial charge >= 0.3 is 0 Å². The molecule has 0 radical (unpaired) electrons. The Kier molecular flexibility index (Phi) is 7.60. The van der Waals surface area contributed by atoms with Crippen LogP contribution in [0.4, 0.5) is 0 Å². The first-order chi connectivity index (χ1) is 12.5. The molecule has 0 fully saturated rings. The van der Waals surface area contributed by atoms with Gasteiger partial charge in [0.1, 0.15) is 23.9 Å². The van der Waals surface area contributed by atoms with Crippen LogP contribution in [0.3, 0.4) is 0 Å². The molecule has 2 rings (SSSR count). The van der Waals surface area contributed by atoms with Gasteiger partial charge < -0.3 is 19.5 Å². The molecule has 0 heterocycles. The van der Waals surface area contributed by atoms with Crippen LogP contribution in [0.5, 0.6) is 17.2 Å². The first-order valence-electron chi connectivity index (χ1n) is 8.51. The van der Waals surface area contributed by atoms with Crippen LogP contribution in [0.1, 0.15) is 20.3 Å². The summed E-state index contributed by atoms with van der Waals surface area (Å²) in [6.07, 6.45) is -0.0137. The Morgan fingerprint density at radius 1 is 1.04 bits per heavy atom. The number of hydrogen-bond acceptors (Lipinski definition) is 4. The number of carbonyl (C=O) groups is 1. The zero-order valence-electron chi connectivity index (χ0n) is 15.2. The van der Waals surface area contributed by atoms with Crippen molar-refractivity contribution in [3.05, 3.63) is 53.6 Å². The smallest absolute Gasteiger partial charge is 0.261 e. The summed E-state index contributed by atoms with van der Waals surface area (Å²) in [5.41, 5.74) is 0. The second kappa shape index (κ2) is 9.92. The van der Waals surface area contributed by atoms with Crippen LogP contribution in [0.2, 0.25) is 5.02 Å². The van der Waals surface area contributed by atoms with Gasteiger partial charge in [0.25, 0.3) is 5.91 Å². The maximum absolute atomic E-state index is 12.4. The molecule has 2 aromatic carbocycles. The second-order valence-electron chi connectivity index (χ2n) is 5.86. The average Bonchev–Trinajstić information content (AvgIpc) is 2.66. The Hall–Kier alpha value is -2.40. The molecule has 2 atom stereocenters. The first-order valence-corrected chi connectivity index (χ1v) is 8.89. The fourth-order valence-electron chi connectivity index (χ4n) is 2.27. The highest BCUT2D eigenvalue weighted by Crippen LogP contribution is 2.18. The molecule has 0 saturated carbocycles. The van der Waals surface area contributed by atoms with E-state index in [4.69, 9.17) is 25.8 Å². The summed E-state index contributed by atoms with van der Waals surface area (Å²) in [5, 5.41) is 3.54. The standard InChI is InChI=1S/C20H24ClNO4/c1-4-19(26-18-7-5-15(21)6-8-18)20(23)22-14(2)13-25-17-11-9-16(24-3)10-12-17/h5-12,14,19H,4,13H2,1-3H3,(H,22,23). The summed E-state index contributed by atoms with van der Waals surface area (Å²) in [7, 11) is 1.61. The Morgan fingerprint density at radius 2 is 1.62 bits per heavy atom. The van der Waals surface area contributed by atoms with E-state index in [1.807, 2.05) is 38.1 Å². The van der Waals surface area contributed by atoms with Gasteiger partial charge in [-0.05, 0) is 61.9 Å². The van der Waals surface area contributed by atoms with E-state index in [-0.39, 0.29) is 11.9 Å². The molecule has 0 aliphatic rings. The van der Waals surface area contributed by atoms with Gasteiger partial charge in [-0.1, -0.05) is 18.5 Å². The largest absolute Gasteiger partial charge is 0.497 e. The van der Waals surface area contributed by atoms with Crippen molar-refractivity contribution in [2.45, 2.75) is 32.4 Å². The van der Waals surface area contributed by atoms with E-state index in [0.717, 1.165) is 11.5 Å². The molecule has 2 unspecified atom stereocenters. The molecule has 0 saturated heterocycles. The molecule has 0 aromatic heterocycles. The monoisotopic (exact) mass is 377 g/mol. The van der Waals surface area contributed by atoms with E-state index in [1.165, 1.54) is 0 Å².